The minimum absolute atomic E-state index is 0. The summed E-state index contributed by atoms with van der Waals surface area (Å²) in [7, 11) is -4.42. The van der Waals surface area contributed by atoms with Gasteiger partial charge in [0.2, 0.25) is 0 Å². The topological polar surface area (TPSA) is 112 Å². The largest absolute Gasteiger partial charge is 0.355 e. The summed E-state index contributed by atoms with van der Waals surface area (Å²) in [6.45, 7) is 0. The van der Waals surface area contributed by atoms with Crippen LogP contribution in [0.3, 0.4) is 0 Å². The van der Waals surface area contributed by atoms with Gasteiger partial charge in [0.1, 0.15) is 4.90 Å². The molecule has 0 saturated carbocycles. The van der Waals surface area contributed by atoms with E-state index in [0.717, 1.165) is 33.6 Å². The van der Waals surface area contributed by atoms with Gasteiger partial charge < -0.3 is 9.97 Å². The first kappa shape index (κ1) is 23.0. The van der Waals surface area contributed by atoms with E-state index in [9.17, 15) is 13.0 Å². The molecule has 0 radical (unpaired) electrons. The normalized spacial score (nSPS) is 12.5. The number of H-pyrrole nitrogens is 2. The Labute approximate surface area is 211 Å². The maximum absolute atomic E-state index is 12.1. The van der Waals surface area contributed by atoms with Crippen molar-refractivity contribution in [1.29, 1.82) is 0 Å². The number of hydrogen-bond donors (Lipinski definition) is 3. The molecular formula is C26H18FeN4O3S. The number of fused-ring (bicyclic) bond motifs is 8. The first-order chi connectivity index (χ1) is 16.4. The molecule has 5 heterocycles. The standard InChI is InChI=1S/C26H18N4O3S.Fe/c31-34(32,33)26-4-2-1-3-23(26)24-14-22-13-20-8-7-18(28-20)11-16-5-6-17(27-16)12-19-9-10-21(29-19)15-25(24)30-22;/h1-15,27,30H,(H,31,32,33);. The quantitative estimate of drug-likeness (QED) is 0.204. The third-order valence-electron chi connectivity index (χ3n) is 5.62. The summed E-state index contributed by atoms with van der Waals surface area (Å²) in [6, 6.07) is 19.9. The van der Waals surface area contributed by atoms with Gasteiger partial charge in [0.15, 0.2) is 0 Å². The minimum Gasteiger partial charge on any atom is -0.355 e. The molecule has 9 heteroatoms. The van der Waals surface area contributed by atoms with Crippen molar-refractivity contribution < 1.29 is 30.0 Å². The van der Waals surface area contributed by atoms with Crippen LogP contribution in [0.5, 0.6) is 0 Å². The van der Waals surface area contributed by atoms with Crippen molar-refractivity contribution in [3.05, 3.63) is 89.5 Å². The maximum Gasteiger partial charge on any atom is 0.295 e. The Balaban J connectivity index is 0.00000253. The summed E-state index contributed by atoms with van der Waals surface area (Å²) in [4.78, 5) is 15.9. The fraction of sp³-hybridized carbons (Fsp3) is 0. The van der Waals surface area contributed by atoms with Gasteiger partial charge >= 0.3 is 0 Å². The monoisotopic (exact) mass is 522 g/mol. The van der Waals surface area contributed by atoms with Crippen LogP contribution < -0.4 is 0 Å². The van der Waals surface area contributed by atoms with Crippen LogP contribution in [0.1, 0.15) is 22.8 Å². The van der Waals surface area contributed by atoms with Crippen LogP contribution in [0.2, 0.25) is 0 Å². The van der Waals surface area contributed by atoms with E-state index >= 15 is 0 Å². The first-order valence-corrected chi connectivity index (χ1v) is 12.0. The van der Waals surface area contributed by atoms with E-state index in [4.69, 9.17) is 0 Å². The molecule has 0 spiro atoms. The van der Waals surface area contributed by atoms with E-state index in [1.165, 1.54) is 6.07 Å². The van der Waals surface area contributed by atoms with Gasteiger partial charge in [-0.25, -0.2) is 9.97 Å². The van der Waals surface area contributed by atoms with Gasteiger partial charge in [-0.2, -0.15) is 8.42 Å². The maximum atomic E-state index is 12.1. The van der Waals surface area contributed by atoms with Crippen LogP contribution >= 0.6 is 0 Å². The summed E-state index contributed by atoms with van der Waals surface area (Å²) in [5, 5.41) is 0. The molecular weight excluding hydrogens is 504 g/mol. The van der Waals surface area contributed by atoms with Gasteiger partial charge in [0.05, 0.1) is 22.8 Å². The predicted molar refractivity (Wildman–Crippen MR) is 134 cm³/mol. The van der Waals surface area contributed by atoms with Crippen LogP contribution in [0, 0.1) is 0 Å². The smallest absolute Gasteiger partial charge is 0.295 e. The second-order valence-electron chi connectivity index (χ2n) is 8.06. The number of rotatable bonds is 2. The molecule has 0 fully saturated rings. The molecule has 3 aromatic heterocycles. The Bertz CT molecular complexity index is 1800. The van der Waals surface area contributed by atoms with Gasteiger partial charge in [0, 0.05) is 50.3 Å². The van der Waals surface area contributed by atoms with E-state index in [1.807, 2.05) is 66.8 Å². The van der Waals surface area contributed by atoms with E-state index in [0.29, 0.717) is 22.3 Å². The third-order valence-corrected chi connectivity index (χ3v) is 6.54. The summed E-state index contributed by atoms with van der Waals surface area (Å²) in [5.74, 6) is 0. The fourth-order valence-corrected chi connectivity index (χ4v) is 4.86. The van der Waals surface area contributed by atoms with Crippen LogP contribution in [-0.4, -0.2) is 32.9 Å². The molecule has 7 nitrogen and oxygen atoms in total. The first-order valence-electron chi connectivity index (χ1n) is 10.6. The molecule has 35 heavy (non-hydrogen) atoms. The molecule has 2 aliphatic heterocycles. The zero-order valence-electron chi connectivity index (χ0n) is 18.1. The van der Waals surface area contributed by atoms with E-state index in [-0.39, 0.29) is 22.0 Å². The minimum atomic E-state index is -4.42. The molecule has 4 aromatic rings. The Morgan fingerprint density at radius 3 is 1.77 bits per heavy atom. The molecule has 2 aliphatic rings. The molecule has 0 unspecified atom stereocenters. The van der Waals surface area contributed by atoms with Gasteiger partial charge in [-0.05, 0) is 72.8 Å². The summed E-state index contributed by atoms with van der Waals surface area (Å²) in [5.41, 5.74) is 7.37. The Morgan fingerprint density at radius 1 is 0.629 bits per heavy atom. The van der Waals surface area contributed by atoms with Gasteiger partial charge in [-0.3, -0.25) is 4.55 Å². The van der Waals surface area contributed by atoms with Crippen molar-refractivity contribution in [1.82, 2.24) is 19.9 Å². The SMILES string of the molecule is O=S(=O)(O)c1ccccc1-c1cc2cc3nc(cc4ccc(cc5nc(cc1[nH]2)C=C5)[nH]4)C=C3.[Fe]. The fourth-order valence-electron chi connectivity index (χ4n) is 4.15. The molecule has 1 aromatic carbocycles. The average molecular weight is 522 g/mol. The number of aromatic amines is 2. The molecule has 0 amide bonds. The Hall–Kier alpha value is -3.75. The van der Waals surface area contributed by atoms with Crippen LogP contribution in [0.4, 0.5) is 0 Å². The van der Waals surface area contributed by atoms with Crippen molar-refractivity contribution in [3.8, 4) is 11.1 Å². The van der Waals surface area contributed by atoms with E-state index in [2.05, 4.69) is 19.9 Å². The molecule has 6 rings (SSSR count). The zero-order valence-corrected chi connectivity index (χ0v) is 20.0. The number of aromatic nitrogens is 4. The van der Waals surface area contributed by atoms with Crippen molar-refractivity contribution in [2.75, 3.05) is 0 Å². The number of nitrogens with one attached hydrogen (secondary N) is 2. The summed E-state index contributed by atoms with van der Waals surface area (Å²) >= 11 is 0. The van der Waals surface area contributed by atoms with E-state index < -0.39 is 10.1 Å². The number of hydrogen-bond acceptors (Lipinski definition) is 4. The Kier molecular flexibility index (Phi) is 5.78. The third kappa shape index (κ3) is 4.62. The van der Waals surface area contributed by atoms with Crippen LogP contribution in [0.25, 0.3) is 57.5 Å². The number of benzene rings is 1. The van der Waals surface area contributed by atoms with Crippen molar-refractivity contribution >= 4 is 56.5 Å². The summed E-state index contributed by atoms with van der Waals surface area (Å²) < 4.78 is 33.9. The Morgan fingerprint density at radius 2 is 1.17 bits per heavy atom. The van der Waals surface area contributed by atoms with E-state index in [1.54, 1.807) is 18.2 Å². The second kappa shape index (κ2) is 8.79. The second-order valence-corrected chi connectivity index (χ2v) is 9.45. The number of nitrogens with zero attached hydrogens (tertiary/aromatic N) is 2. The molecule has 0 saturated heterocycles. The molecule has 8 bridgehead atoms. The van der Waals surface area contributed by atoms with Gasteiger partial charge in [-0.15, -0.1) is 0 Å². The molecule has 174 valence electrons. The summed E-state index contributed by atoms with van der Waals surface area (Å²) in [6.07, 6.45) is 7.66. The average Bonchev–Trinajstić information content (AvgIpc) is 3.58. The zero-order chi connectivity index (χ0) is 23.3. The van der Waals surface area contributed by atoms with Crippen LogP contribution in [-0.2, 0) is 27.2 Å². The van der Waals surface area contributed by atoms with Crippen molar-refractivity contribution in [3.63, 3.8) is 0 Å². The molecule has 3 N–H and O–H groups in total. The van der Waals surface area contributed by atoms with Crippen LogP contribution in [0.15, 0.2) is 71.6 Å². The van der Waals surface area contributed by atoms with Crippen molar-refractivity contribution in [2.45, 2.75) is 4.90 Å². The molecule has 0 aliphatic carbocycles. The van der Waals surface area contributed by atoms with Crippen molar-refractivity contribution in [2.24, 2.45) is 0 Å². The van der Waals surface area contributed by atoms with Gasteiger partial charge in [-0.1, -0.05) is 18.2 Å². The predicted octanol–water partition coefficient (Wildman–Crippen LogP) is 5.57. The molecule has 0 atom stereocenters. The van der Waals surface area contributed by atoms with Gasteiger partial charge in [0.25, 0.3) is 10.1 Å².